The van der Waals surface area contributed by atoms with Crippen molar-refractivity contribution in [2.45, 2.75) is 51.9 Å². The van der Waals surface area contributed by atoms with E-state index in [1.165, 1.54) is 14.9 Å². The molecule has 0 aliphatic carbocycles. The molecule has 0 radical (unpaired) electrons. The van der Waals surface area contributed by atoms with Crippen molar-refractivity contribution in [2.24, 2.45) is 5.92 Å². The number of amides is 1. The summed E-state index contributed by atoms with van der Waals surface area (Å²) < 4.78 is 53.5. The first-order valence-corrected chi connectivity index (χ1v) is 14.4. The number of piperidine rings is 1. The number of hydrogen-bond acceptors (Lipinski definition) is 5. The highest BCUT2D eigenvalue weighted by molar-refractivity contribution is 7.89. The lowest BCUT2D eigenvalue weighted by molar-refractivity contribution is -0.136. The summed E-state index contributed by atoms with van der Waals surface area (Å²) in [6.07, 6.45) is 2.76. The Morgan fingerprint density at radius 2 is 1.38 bits per heavy atom. The fourth-order valence-corrected chi connectivity index (χ4v) is 7.66. The van der Waals surface area contributed by atoms with Crippen LogP contribution in [0.4, 0.5) is 0 Å². The maximum absolute atomic E-state index is 13.5. The van der Waals surface area contributed by atoms with Gasteiger partial charge in [-0.05, 0) is 69.2 Å². The van der Waals surface area contributed by atoms with Gasteiger partial charge in [0.05, 0.1) is 11.2 Å². The lowest BCUT2D eigenvalue weighted by Crippen LogP contribution is -2.45. The van der Waals surface area contributed by atoms with E-state index in [-0.39, 0.29) is 11.8 Å². The number of hydrogen-bond donors (Lipinski definition) is 0. The molecule has 0 bridgehead atoms. The summed E-state index contributed by atoms with van der Waals surface area (Å²) in [6, 6.07) is 2.01. The number of benzene rings is 1. The summed E-state index contributed by atoms with van der Waals surface area (Å²) >= 11 is 0. The highest BCUT2D eigenvalue weighted by Crippen LogP contribution is 2.31. The maximum atomic E-state index is 13.5. The topological polar surface area (TPSA) is 95.1 Å². The predicted octanol–water partition coefficient (Wildman–Crippen LogP) is 1.81. The van der Waals surface area contributed by atoms with Gasteiger partial charge in [-0.1, -0.05) is 6.07 Å². The Bertz CT molecular complexity index is 1060. The van der Waals surface area contributed by atoms with Crippen LogP contribution in [0.15, 0.2) is 11.0 Å². The largest absolute Gasteiger partial charge is 0.341 e. The zero-order valence-electron chi connectivity index (χ0n) is 19.7. The van der Waals surface area contributed by atoms with Gasteiger partial charge in [-0.2, -0.15) is 4.31 Å². The lowest BCUT2D eigenvalue weighted by atomic mass is 9.96. The molecule has 2 saturated heterocycles. The van der Waals surface area contributed by atoms with Gasteiger partial charge < -0.3 is 4.90 Å². The third-order valence-electron chi connectivity index (χ3n) is 6.93. The molecule has 32 heavy (non-hydrogen) atoms. The molecular weight excluding hydrogens is 450 g/mol. The molecule has 0 N–H and O–H groups in total. The number of nitrogens with zero attached hydrogens (tertiary/aromatic N) is 3. The van der Waals surface area contributed by atoms with Gasteiger partial charge in [0, 0.05) is 45.2 Å². The van der Waals surface area contributed by atoms with E-state index in [1.807, 2.05) is 33.8 Å². The summed E-state index contributed by atoms with van der Waals surface area (Å²) in [7, 11) is -6.90. The zero-order valence-corrected chi connectivity index (χ0v) is 21.4. The van der Waals surface area contributed by atoms with Crippen LogP contribution in [0.1, 0.15) is 41.5 Å². The van der Waals surface area contributed by atoms with E-state index >= 15 is 0 Å². The van der Waals surface area contributed by atoms with Crippen molar-refractivity contribution in [3.05, 3.63) is 28.3 Å². The Labute approximate surface area is 192 Å². The Hall–Kier alpha value is -1.49. The number of aryl methyl sites for hydroxylation is 2. The molecule has 2 aliphatic rings. The number of sulfonamides is 2. The monoisotopic (exact) mass is 485 g/mol. The van der Waals surface area contributed by atoms with E-state index in [4.69, 9.17) is 0 Å². The normalized spacial score (nSPS) is 20.3. The Balaban J connectivity index is 1.68. The van der Waals surface area contributed by atoms with Crippen molar-refractivity contribution in [2.75, 3.05) is 45.5 Å². The second-order valence-electron chi connectivity index (χ2n) is 9.11. The van der Waals surface area contributed by atoms with Crippen LogP contribution in [0.25, 0.3) is 0 Å². The minimum absolute atomic E-state index is 0.0103. The molecule has 0 unspecified atom stereocenters. The Morgan fingerprint density at radius 3 is 1.91 bits per heavy atom. The van der Waals surface area contributed by atoms with Crippen molar-refractivity contribution >= 4 is 26.0 Å². The first-order valence-electron chi connectivity index (χ1n) is 11.2. The fourth-order valence-electron chi connectivity index (χ4n) is 4.74. The summed E-state index contributed by atoms with van der Waals surface area (Å²) in [4.78, 5) is 15.2. The first kappa shape index (κ1) is 25.1. The summed E-state index contributed by atoms with van der Waals surface area (Å²) in [6.45, 7) is 9.83. The van der Waals surface area contributed by atoms with Crippen LogP contribution in [-0.4, -0.2) is 81.8 Å². The molecule has 10 heteroatoms. The number of carbonyl (C=O) groups excluding carboxylic acids is 1. The van der Waals surface area contributed by atoms with Crippen molar-refractivity contribution < 1.29 is 21.6 Å². The van der Waals surface area contributed by atoms with Gasteiger partial charge in [-0.25, -0.2) is 21.1 Å². The van der Waals surface area contributed by atoms with Crippen molar-refractivity contribution in [1.82, 2.24) is 13.5 Å². The maximum Gasteiger partial charge on any atom is 0.243 e. The highest BCUT2D eigenvalue weighted by Gasteiger charge is 2.36. The van der Waals surface area contributed by atoms with Gasteiger partial charge in [0.1, 0.15) is 0 Å². The zero-order chi connectivity index (χ0) is 23.8. The van der Waals surface area contributed by atoms with E-state index in [1.54, 1.807) is 4.90 Å². The molecule has 0 atom stereocenters. The van der Waals surface area contributed by atoms with Crippen LogP contribution >= 0.6 is 0 Å². The Kier molecular flexibility index (Phi) is 7.39. The van der Waals surface area contributed by atoms with Gasteiger partial charge in [-0.3, -0.25) is 4.79 Å². The van der Waals surface area contributed by atoms with Crippen LogP contribution in [0.5, 0.6) is 0 Å². The van der Waals surface area contributed by atoms with Crippen LogP contribution < -0.4 is 0 Å². The summed E-state index contributed by atoms with van der Waals surface area (Å²) in [5.41, 5.74) is 3.49. The molecule has 0 saturated carbocycles. The van der Waals surface area contributed by atoms with E-state index < -0.39 is 20.0 Å². The number of rotatable bonds is 4. The average molecular weight is 486 g/mol. The minimum Gasteiger partial charge on any atom is -0.341 e. The standard InChI is InChI=1S/C22H35N3O5S2/c1-16-15-17(2)19(4)21(18(16)3)32(29,30)25-11-7-20(8-12-25)22(26)23-9-6-10-24(14-13-23)31(5,27)28/h15,20H,6-14H2,1-5H3. The second-order valence-corrected chi connectivity index (χ2v) is 13.0. The van der Waals surface area contributed by atoms with Crippen LogP contribution in [-0.2, 0) is 24.8 Å². The third kappa shape index (κ3) is 5.03. The molecular formula is C22H35N3O5S2. The quantitative estimate of drug-likeness (QED) is 0.648. The second kappa shape index (κ2) is 9.40. The van der Waals surface area contributed by atoms with E-state index in [9.17, 15) is 21.6 Å². The molecule has 2 aliphatic heterocycles. The first-order chi connectivity index (χ1) is 14.8. The molecule has 0 spiro atoms. The smallest absolute Gasteiger partial charge is 0.243 e. The molecule has 3 rings (SSSR count). The fraction of sp³-hybridized carbons (Fsp3) is 0.682. The molecule has 180 valence electrons. The minimum atomic E-state index is -3.64. The van der Waals surface area contributed by atoms with E-state index in [0.717, 1.165) is 22.3 Å². The molecule has 2 fully saturated rings. The van der Waals surface area contributed by atoms with Crippen LogP contribution in [0.3, 0.4) is 0 Å². The van der Waals surface area contributed by atoms with Crippen molar-refractivity contribution in [3.63, 3.8) is 0 Å². The van der Waals surface area contributed by atoms with Crippen molar-refractivity contribution in [3.8, 4) is 0 Å². The molecule has 8 nitrogen and oxygen atoms in total. The number of carbonyl (C=O) groups is 1. The highest BCUT2D eigenvalue weighted by atomic mass is 32.2. The predicted molar refractivity (Wildman–Crippen MR) is 124 cm³/mol. The summed E-state index contributed by atoms with van der Waals surface area (Å²) in [5, 5.41) is 0. The van der Waals surface area contributed by atoms with E-state index in [0.29, 0.717) is 63.4 Å². The molecule has 1 aromatic rings. The molecule has 1 aromatic carbocycles. The van der Waals surface area contributed by atoms with Gasteiger partial charge in [0.2, 0.25) is 26.0 Å². The third-order valence-corrected chi connectivity index (χ3v) is 10.4. The van der Waals surface area contributed by atoms with Gasteiger partial charge in [0.15, 0.2) is 0 Å². The SMILES string of the molecule is Cc1cc(C)c(C)c(S(=O)(=O)N2CCC(C(=O)N3CCCN(S(C)(=O)=O)CC3)CC2)c1C. The van der Waals surface area contributed by atoms with Gasteiger partial charge in [0.25, 0.3) is 0 Å². The lowest BCUT2D eigenvalue weighted by Gasteiger charge is -2.34. The van der Waals surface area contributed by atoms with Crippen LogP contribution in [0, 0.1) is 33.6 Å². The van der Waals surface area contributed by atoms with E-state index in [2.05, 4.69) is 0 Å². The van der Waals surface area contributed by atoms with Crippen molar-refractivity contribution in [1.29, 1.82) is 0 Å². The molecule has 1 amide bonds. The van der Waals surface area contributed by atoms with Crippen LogP contribution in [0.2, 0.25) is 0 Å². The average Bonchev–Trinajstić information content (AvgIpc) is 2.98. The molecule has 2 heterocycles. The molecule has 0 aromatic heterocycles. The summed E-state index contributed by atoms with van der Waals surface area (Å²) in [5.74, 6) is -0.219. The van der Waals surface area contributed by atoms with Gasteiger partial charge in [-0.15, -0.1) is 0 Å². The Morgan fingerprint density at radius 1 is 0.812 bits per heavy atom. The van der Waals surface area contributed by atoms with Gasteiger partial charge >= 0.3 is 0 Å².